The van der Waals surface area contributed by atoms with Crippen LogP contribution >= 0.6 is 0 Å². The lowest BCUT2D eigenvalue weighted by atomic mass is 10.0. The van der Waals surface area contributed by atoms with Gasteiger partial charge < -0.3 is 4.74 Å². The summed E-state index contributed by atoms with van der Waals surface area (Å²) < 4.78 is 30.8. The zero-order valence-electron chi connectivity index (χ0n) is 18.0. The van der Waals surface area contributed by atoms with Gasteiger partial charge in [0.2, 0.25) is 0 Å². The van der Waals surface area contributed by atoms with Gasteiger partial charge in [-0.05, 0) is 42.3 Å². The number of sulfone groups is 1. The average Bonchev–Trinajstić information content (AvgIpc) is 2.80. The highest BCUT2D eigenvalue weighted by Crippen LogP contribution is 2.20. The third kappa shape index (κ3) is 6.62. The van der Waals surface area contributed by atoms with Crippen LogP contribution in [-0.2, 0) is 26.8 Å². The van der Waals surface area contributed by atoms with E-state index in [2.05, 4.69) is 0 Å². The minimum Gasteiger partial charge on any atom is -0.494 e. The van der Waals surface area contributed by atoms with Crippen molar-refractivity contribution in [2.45, 2.75) is 36.8 Å². The maximum atomic E-state index is 12.7. The first-order valence-electron chi connectivity index (χ1n) is 10.5. The van der Waals surface area contributed by atoms with Crippen LogP contribution in [0.15, 0.2) is 83.8 Å². The van der Waals surface area contributed by atoms with Crippen LogP contribution in [0.25, 0.3) is 0 Å². The predicted octanol–water partition coefficient (Wildman–Crippen LogP) is 4.83. The van der Waals surface area contributed by atoms with Crippen LogP contribution in [-0.4, -0.2) is 26.6 Å². The first-order valence-corrected chi connectivity index (χ1v) is 12.2. The van der Waals surface area contributed by atoms with E-state index in [-0.39, 0.29) is 41.5 Å². The molecule has 0 saturated heterocycles. The fourth-order valence-corrected chi connectivity index (χ4v) is 4.65. The molecule has 5 nitrogen and oxygen atoms in total. The third-order valence-electron chi connectivity index (χ3n) is 5.00. The van der Waals surface area contributed by atoms with Gasteiger partial charge in [-0.2, -0.15) is 0 Å². The first-order chi connectivity index (χ1) is 15.4. The van der Waals surface area contributed by atoms with Gasteiger partial charge in [0.25, 0.3) is 0 Å². The number of hydrogen-bond acceptors (Lipinski definition) is 5. The summed E-state index contributed by atoms with van der Waals surface area (Å²) in [6.07, 6.45) is 0.490. The molecule has 0 heterocycles. The summed E-state index contributed by atoms with van der Waals surface area (Å²) in [6, 6.07) is 22.3. The molecule has 0 bridgehead atoms. The number of ketones is 2. The quantitative estimate of drug-likeness (QED) is 0.391. The Kier molecular flexibility index (Phi) is 7.95. The van der Waals surface area contributed by atoms with Crippen molar-refractivity contribution in [1.29, 1.82) is 0 Å². The molecule has 0 radical (unpaired) electrons. The fraction of sp³-hybridized carbons (Fsp3) is 0.231. The molecule has 166 valence electrons. The summed E-state index contributed by atoms with van der Waals surface area (Å²) in [7, 11) is -3.51. The Bertz CT molecular complexity index is 1150. The molecule has 0 aliphatic rings. The van der Waals surface area contributed by atoms with Gasteiger partial charge in [0.05, 0.1) is 17.3 Å². The number of rotatable bonds is 11. The summed E-state index contributed by atoms with van der Waals surface area (Å²) in [6.45, 7) is 2.44. The molecule has 6 heteroatoms. The van der Waals surface area contributed by atoms with Gasteiger partial charge in [-0.25, -0.2) is 8.42 Å². The maximum absolute atomic E-state index is 12.7. The average molecular weight is 451 g/mol. The summed E-state index contributed by atoms with van der Waals surface area (Å²) in [4.78, 5) is 24.6. The molecule has 0 saturated carbocycles. The lowest BCUT2D eigenvalue weighted by Crippen LogP contribution is -2.08. The highest BCUT2D eigenvalue weighted by atomic mass is 32.2. The van der Waals surface area contributed by atoms with Gasteiger partial charge in [0.1, 0.15) is 11.5 Å². The van der Waals surface area contributed by atoms with Gasteiger partial charge in [-0.1, -0.05) is 54.6 Å². The number of ether oxygens (including phenoxy) is 1. The Morgan fingerprint density at radius 3 is 2.03 bits per heavy atom. The molecular weight excluding hydrogens is 424 g/mol. The van der Waals surface area contributed by atoms with Crippen LogP contribution in [0.1, 0.15) is 41.3 Å². The number of carbonyl (C=O) groups is 2. The van der Waals surface area contributed by atoms with Crippen molar-refractivity contribution in [3.8, 4) is 5.75 Å². The maximum Gasteiger partial charge on any atom is 0.182 e. The monoisotopic (exact) mass is 450 g/mol. The van der Waals surface area contributed by atoms with Crippen LogP contribution in [0.2, 0.25) is 0 Å². The molecule has 0 aromatic heterocycles. The SMILES string of the molecule is CCOc1ccc(CS(=O)(=O)c2ccc(CC(=O)CCC(=O)c3ccccc3)cc2)cc1. The van der Waals surface area contributed by atoms with Crippen molar-refractivity contribution in [3.05, 3.63) is 95.6 Å². The molecule has 0 fully saturated rings. The van der Waals surface area contributed by atoms with Crippen LogP contribution < -0.4 is 4.74 Å². The van der Waals surface area contributed by atoms with Crippen LogP contribution in [0.3, 0.4) is 0 Å². The van der Waals surface area contributed by atoms with Crippen molar-refractivity contribution >= 4 is 21.4 Å². The normalized spacial score (nSPS) is 11.2. The molecule has 0 aliphatic heterocycles. The van der Waals surface area contributed by atoms with Crippen LogP contribution in [0, 0.1) is 0 Å². The van der Waals surface area contributed by atoms with Crippen molar-refractivity contribution in [3.63, 3.8) is 0 Å². The Balaban J connectivity index is 1.55. The minimum atomic E-state index is -3.51. The molecule has 0 spiro atoms. The van der Waals surface area contributed by atoms with Crippen LogP contribution in [0.4, 0.5) is 0 Å². The molecule has 0 aliphatic carbocycles. The van der Waals surface area contributed by atoms with Crippen molar-refractivity contribution in [2.75, 3.05) is 6.61 Å². The second kappa shape index (κ2) is 10.9. The summed E-state index contributed by atoms with van der Waals surface area (Å²) in [5, 5.41) is 0. The van der Waals surface area contributed by atoms with Gasteiger partial charge >= 0.3 is 0 Å². The standard InChI is InChI=1S/C26H26O5S/c1-2-31-24-13-8-21(9-14-24)19-32(29,30)25-15-10-20(11-16-25)18-23(27)12-17-26(28)22-6-4-3-5-7-22/h3-11,13-16H,2,12,17-19H2,1H3. The van der Waals surface area contributed by atoms with Crippen LogP contribution in [0.5, 0.6) is 5.75 Å². The third-order valence-corrected chi connectivity index (χ3v) is 6.71. The largest absolute Gasteiger partial charge is 0.494 e. The lowest BCUT2D eigenvalue weighted by Gasteiger charge is -2.08. The van der Waals surface area contributed by atoms with Crippen molar-refractivity contribution in [1.82, 2.24) is 0 Å². The lowest BCUT2D eigenvalue weighted by molar-refractivity contribution is -0.118. The van der Waals surface area contributed by atoms with E-state index in [1.165, 1.54) is 12.1 Å². The van der Waals surface area contributed by atoms with Crippen molar-refractivity contribution < 1.29 is 22.7 Å². The fourth-order valence-electron chi connectivity index (χ4n) is 3.30. The number of Topliss-reactive ketones (excluding diaryl/α,β-unsaturated/α-hetero) is 2. The number of benzene rings is 3. The number of hydrogen-bond donors (Lipinski definition) is 0. The Labute approximate surface area is 189 Å². The molecule has 3 aromatic carbocycles. The van der Waals surface area contributed by atoms with E-state index in [0.29, 0.717) is 23.5 Å². The summed E-state index contributed by atoms with van der Waals surface area (Å²) in [5.41, 5.74) is 2.00. The zero-order valence-corrected chi connectivity index (χ0v) is 18.8. The van der Waals surface area contributed by atoms with E-state index in [4.69, 9.17) is 4.74 Å². The smallest absolute Gasteiger partial charge is 0.182 e. The zero-order chi connectivity index (χ0) is 23.0. The molecule has 0 unspecified atom stereocenters. The Hall–Kier alpha value is -3.25. The second-order valence-corrected chi connectivity index (χ2v) is 9.47. The molecule has 32 heavy (non-hydrogen) atoms. The Morgan fingerprint density at radius 1 is 0.781 bits per heavy atom. The summed E-state index contributed by atoms with van der Waals surface area (Å²) >= 11 is 0. The number of carbonyl (C=O) groups excluding carboxylic acids is 2. The predicted molar refractivity (Wildman–Crippen MR) is 124 cm³/mol. The molecule has 3 rings (SSSR count). The molecule has 0 amide bonds. The molecule has 0 atom stereocenters. The van der Waals surface area contributed by atoms with E-state index in [9.17, 15) is 18.0 Å². The molecular formula is C26H26O5S. The van der Waals surface area contributed by atoms with Gasteiger partial charge in [-0.15, -0.1) is 0 Å². The van der Waals surface area contributed by atoms with E-state index >= 15 is 0 Å². The highest BCUT2D eigenvalue weighted by molar-refractivity contribution is 7.90. The van der Waals surface area contributed by atoms with Gasteiger partial charge in [-0.3, -0.25) is 9.59 Å². The van der Waals surface area contributed by atoms with Gasteiger partial charge in [0.15, 0.2) is 15.6 Å². The highest BCUT2D eigenvalue weighted by Gasteiger charge is 2.16. The molecule has 3 aromatic rings. The van der Waals surface area contributed by atoms with E-state index < -0.39 is 9.84 Å². The summed E-state index contributed by atoms with van der Waals surface area (Å²) in [5.74, 6) is 0.473. The van der Waals surface area contributed by atoms with E-state index in [1.54, 1.807) is 60.7 Å². The topological polar surface area (TPSA) is 77.5 Å². The Morgan fingerprint density at radius 2 is 1.41 bits per heavy atom. The van der Waals surface area contributed by atoms with E-state index in [1.807, 2.05) is 13.0 Å². The second-order valence-electron chi connectivity index (χ2n) is 7.48. The molecule has 0 N–H and O–H groups in total. The van der Waals surface area contributed by atoms with E-state index in [0.717, 1.165) is 5.56 Å². The minimum absolute atomic E-state index is 0.0562. The van der Waals surface area contributed by atoms with Gasteiger partial charge in [0, 0.05) is 24.8 Å². The first kappa shape index (κ1) is 23.4. The van der Waals surface area contributed by atoms with Crippen molar-refractivity contribution in [2.24, 2.45) is 0 Å².